The van der Waals surface area contributed by atoms with E-state index in [1.54, 1.807) is 13.0 Å². The van der Waals surface area contributed by atoms with E-state index in [0.717, 1.165) is 4.31 Å². The average molecular weight is 433 g/mol. The number of ether oxygens (including phenoxy) is 2. The molecule has 0 bridgehead atoms. The van der Waals surface area contributed by atoms with E-state index in [1.807, 2.05) is 0 Å². The van der Waals surface area contributed by atoms with Crippen LogP contribution in [0, 0.1) is 11.7 Å². The predicted molar refractivity (Wildman–Crippen MR) is 104 cm³/mol. The van der Waals surface area contributed by atoms with Crippen LogP contribution in [0.2, 0.25) is 0 Å². The van der Waals surface area contributed by atoms with Gasteiger partial charge >= 0.3 is 5.97 Å². The molecule has 30 heavy (non-hydrogen) atoms. The monoisotopic (exact) mass is 433 g/mol. The number of esters is 1. The highest BCUT2D eigenvalue weighted by atomic mass is 32.2. The molecule has 158 valence electrons. The molecule has 0 unspecified atom stereocenters. The van der Waals surface area contributed by atoms with Gasteiger partial charge in [-0.1, -0.05) is 24.3 Å². The van der Waals surface area contributed by atoms with Crippen LogP contribution in [0.25, 0.3) is 0 Å². The molecular weight excluding hydrogens is 413 g/mol. The Morgan fingerprint density at radius 3 is 2.53 bits per heavy atom. The van der Waals surface area contributed by atoms with Gasteiger partial charge in [0.25, 0.3) is 0 Å². The Balaban J connectivity index is 1.77. The van der Waals surface area contributed by atoms with Crippen molar-refractivity contribution in [2.45, 2.75) is 30.9 Å². The largest absolute Gasteiger partial charge is 0.484 e. The summed E-state index contributed by atoms with van der Waals surface area (Å²) in [7, 11) is -4.06. The normalized spacial score (nSPS) is 22.8. The van der Waals surface area contributed by atoms with Crippen molar-refractivity contribution in [3.05, 3.63) is 59.4 Å². The summed E-state index contributed by atoms with van der Waals surface area (Å²) in [6.45, 7) is 3.02. The average Bonchev–Trinajstić information content (AvgIpc) is 3.27. The van der Waals surface area contributed by atoms with Gasteiger partial charge in [-0.15, -0.1) is 0 Å². The van der Waals surface area contributed by atoms with Crippen molar-refractivity contribution >= 4 is 21.8 Å². The van der Waals surface area contributed by atoms with E-state index in [9.17, 15) is 22.4 Å². The zero-order valence-corrected chi connectivity index (χ0v) is 17.2. The van der Waals surface area contributed by atoms with Crippen molar-refractivity contribution in [1.82, 2.24) is 4.31 Å². The molecule has 2 aliphatic heterocycles. The SMILES string of the molecule is CCOC(=O)[C@@H]1CN(S(=O)(=O)c2ccc(C(C)=O)cc2)[C@H]2c3cccc(F)c3O[C@@H]12. The van der Waals surface area contributed by atoms with E-state index < -0.39 is 39.9 Å². The van der Waals surface area contributed by atoms with E-state index in [-0.39, 0.29) is 29.6 Å². The fourth-order valence-corrected chi connectivity index (χ4v) is 5.64. The Morgan fingerprint density at radius 1 is 1.20 bits per heavy atom. The number of hydrogen-bond acceptors (Lipinski definition) is 6. The zero-order chi connectivity index (χ0) is 21.6. The van der Waals surface area contributed by atoms with E-state index in [2.05, 4.69) is 0 Å². The lowest BCUT2D eigenvalue weighted by Crippen LogP contribution is -2.32. The Bertz CT molecular complexity index is 1110. The number of sulfonamides is 1. The van der Waals surface area contributed by atoms with Crippen molar-refractivity contribution in [1.29, 1.82) is 0 Å². The Morgan fingerprint density at radius 2 is 1.90 bits per heavy atom. The minimum atomic E-state index is -4.06. The number of halogens is 1. The maximum absolute atomic E-state index is 14.3. The molecule has 2 aromatic rings. The number of ketones is 1. The highest BCUT2D eigenvalue weighted by molar-refractivity contribution is 7.89. The molecule has 0 saturated carbocycles. The summed E-state index contributed by atoms with van der Waals surface area (Å²) in [6, 6.07) is 9.00. The van der Waals surface area contributed by atoms with E-state index in [0.29, 0.717) is 11.1 Å². The second kappa shape index (κ2) is 7.48. The zero-order valence-electron chi connectivity index (χ0n) is 16.4. The van der Waals surface area contributed by atoms with Crippen molar-refractivity contribution < 1.29 is 31.9 Å². The maximum atomic E-state index is 14.3. The first-order valence-corrected chi connectivity index (χ1v) is 10.9. The number of Topliss-reactive ketones (excluding diaryl/α,β-unsaturated/α-hetero) is 1. The number of carbonyl (C=O) groups is 2. The summed E-state index contributed by atoms with van der Waals surface area (Å²) >= 11 is 0. The lowest BCUT2D eigenvalue weighted by atomic mass is 9.99. The molecular formula is C21H20FNO6S. The molecule has 0 aliphatic carbocycles. The van der Waals surface area contributed by atoms with Gasteiger partial charge in [-0.25, -0.2) is 12.8 Å². The molecule has 1 fully saturated rings. The smallest absolute Gasteiger partial charge is 0.314 e. The first-order valence-electron chi connectivity index (χ1n) is 9.50. The van der Waals surface area contributed by atoms with Crippen LogP contribution in [0.5, 0.6) is 5.75 Å². The molecule has 3 atom stereocenters. The molecule has 2 aromatic carbocycles. The minimum absolute atomic E-state index is 0.0272. The van der Waals surface area contributed by atoms with Gasteiger partial charge in [0.2, 0.25) is 10.0 Å². The highest BCUT2D eigenvalue weighted by Gasteiger charge is 2.57. The van der Waals surface area contributed by atoms with Crippen molar-refractivity contribution in [3.63, 3.8) is 0 Å². The highest BCUT2D eigenvalue weighted by Crippen LogP contribution is 2.50. The van der Waals surface area contributed by atoms with Crippen LogP contribution in [-0.4, -0.2) is 43.7 Å². The third-order valence-corrected chi connectivity index (χ3v) is 7.28. The second-order valence-electron chi connectivity index (χ2n) is 7.20. The molecule has 0 N–H and O–H groups in total. The molecule has 2 heterocycles. The molecule has 0 radical (unpaired) electrons. The summed E-state index contributed by atoms with van der Waals surface area (Å²) in [4.78, 5) is 24.0. The first kappa shape index (κ1) is 20.5. The molecule has 2 aliphatic rings. The van der Waals surface area contributed by atoms with Gasteiger partial charge in [0.05, 0.1) is 17.5 Å². The summed E-state index contributed by atoms with van der Waals surface area (Å²) in [5.41, 5.74) is 0.755. The number of fused-ring (bicyclic) bond motifs is 3. The predicted octanol–water partition coefficient (Wildman–Crippen LogP) is 2.71. The number of para-hydroxylation sites is 1. The van der Waals surface area contributed by atoms with Gasteiger partial charge in [0.1, 0.15) is 12.0 Å². The Kier molecular flexibility index (Phi) is 5.11. The Hall–Kier alpha value is -2.78. The van der Waals surface area contributed by atoms with Gasteiger partial charge in [-0.2, -0.15) is 4.31 Å². The van der Waals surface area contributed by atoms with Crippen molar-refractivity contribution in [2.75, 3.05) is 13.2 Å². The summed E-state index contributed by atoms with van der Waals surface area (Å²) in [5, 5.41) is 0. The van der Waals surface area contributed by atoms with Gasteiger partial charge in [0.15, 0.2) is 17.3 Å². The molecule has 4 rings (SSSR count). The molecule has 9 heteroatoms. The Labute approximate surface area is 173 Å². The summed E-state index contributed by atoms with van der Waals surface area (Å²) in [5.74, 6) is -2.34. The van der Waals surface area contributed by atoms with Crippen LogP contribution in [-0.2, 0) is 19.6 Å². The molecule has 7 nitrogen and oxygen atoms in total. The maximum Gasteiger partial charge on any atom is 0.314 e. The third-order valence-electron chi connectivity index (χ3n) is 5.42. The van der Waals surface area contributed by atoms with E-state index in [4.69, 9.17) is 9.47 Å². The van der Waals surface area contributed by atoms with Crippen LogP contribution in [0.1, 0.15) is 35.8 Å². The lowest BCUT2D eigenvalue weighted by molar-refractivity contribution is -0.149. The fourth-order valence-electron chi connectivity index (χ4n) is 4.00. The van der Waals surface area contributed by atoms with Crippen LogP contribution in [0.3, 0.4) is 0 Å². The van der Waals surface area contributed by atoms with E-state index in [1.165, 1.54) is 43.3 Å². The fraction of sp³-hybridized carbons (Fsp3) is 0.333. The van der Waals surface area contributed by atoms with Crippen LogP contribution in [0.15, 0.2) is 47.4 Å². The third kappa shape index (κ3) is 3.18. The second-order valence-corrected chi connectivity index (χ2v) is 9.09. The quantitative estimate of drug-likeness (QED) is 0.532. The number of nitrogens with zero attached hydrogens (tertiary/aromatic N) is 1. The molecule has 0 spiro atoms. The topological polar surface area (TPSA) is 90.0 Å². The number of carbonyl (C=O) groups excluding carboxylic acids is 2. The van der Waals surface area contributed by atoms with Crippen molar-refractivity contribution in [3.8, 4) is 5.75 Å². The number of benzene rings is 2. The van der Waals surface area contributed by atoms with Gasteiger partial charge in [-0.3, -0.25) is 9.59 Å². The lowest BCUT2D eigenvalue weighted by Gasteiger charge is -2.22. The molecule has 0 amide bonds. The molecule has 1 saturated heterocycles. The van der Waals surface area contributed by atoms with Crippen LogP contribution >= 0.6 is 0 Å². The van der Waals surface area contributed by atoms with Crippen LogP contribution < -0.4 is 4.74 Å². The first-order chi connectivity index (χ1) is 14.3. The van der Waals surface area contributed by atoms with Gasteiger partial charge in [0, 0.05) is 17.7 Å². The molecule has 0 aromatic heterocycles. The van der Waals surface area contributed by atoms with E-state index >= 15 is 0 Å². The number of rotatable bonds is 5. The standard InChI is InChI=1S/C21H20FNO6S/c1-3-28-21(25)16-11-23(18-15-5-4-6-17(22)19(15)29-20(16)18)30(26,27)14-9-7-13(8-10-14)12(2)24/h4-10,16,18,20H,3,11H2,1-2H3/t16-,18+,20+/m1/s1. The van der Waals surface area contributed by atoms with Gasteiger partial charge in [-0.05, 0) is 32.0 Å². The number of hydrogen-bond donors (Lipinski definition) is 0. The summed E-state index contributed by atoms with van der Waals surface area (Å²) in [6.07, 6.45) is -0.887. The van der Waals surface area contributed by atoms with Crippen molar-refractivity contribution in [2.24, 2.45) is 5.92 Å². The minimum Gasteiger partial charge on any atom is -0.484 e. The van der Waals surface area contributed by atoms with Gasteiger partial charge < -0.3 is 9.47 Å². The summed E-state index contributed by atoms with van der Waals surface area (Å²) < 4.78 is 53.1. The van der Waals surface area contributed by atoms with Crippen LogP contribution in [0.4, 0.5) is 4.39 Å².